The predicted molar refractivity (Wildman–Crippen MR) is 70.2 cm³/mol. The smallest absolute Gasteiger partial charge is 0.243 e. The molecule has 0 spiro atoms. The lowest BCUT2D eigenvalue weighted by Crippen LogP contribution is -2.50. The van der Waals surface area contributed by atoms with Crippen LogP contribution in [0.5, 0.6) is 0 Å². The minimum absolute atomic E-state index is 0.0965. The van der Waals surface area contributed by atoms with Crippen molar-refractivity contribution in [2.24, 2.45) is 0 Å². The van der Waals surface area contributed by atoms with Gasteiger partial charge >= 0.3 is 0 Å². The number of sulfonamides is 1. The summed E-state index contributed by atoms with van der Waals surface area (Å²) in [6.07, 6.45) is -0.0965. The lowest BCUT2D eigenvalue weighted by molar-refractivity contribution is -0.0232. The van der Waals surface area contributed by atoms with Crippen molar-refractivity contribution < 1.29 is 13.2 Å². The fraction of sp³-hybridized carbons (Fsp3) is 0.500. The minimum Gasteiger partial charge on any atom is -0.375 e. The third kappa shape index (κ3) is 2.54. The second-order valence-electron chi connectivity index (χ2n) is 4.39. The zero-order valence-corrected chi connectivity index (χ0v) is 11.9. The van der Waals surface area contributed by atoms with Crippen LogP contribution in [0, 0.1) is 0 Å². The van der Waals surface area contributed by atoms with Crippen molar-refractivity contribution in [3.8, 4) is 0 Å². The Hall–Kier alpha value is -0.620. The van der Waals surface area contributed by atoms with Crippen molar-refractivity contribution in [2.75, 3.05) is 13.2 Å². The highest BCUT2D eigenvalue weighted by Crippen LogP contribution is 2.24. The van der Waals surface area contributed by atoms with E-state index in [9.17, 15) is 8.42 Å². The molecule has 1 saturated heterocycles. The maximum atomic E-state index is 12.5. The highest BCUT2D eigenvalue weighted by molar-refractivity contribution is 7.89. The fourth-order valence-electron chi connectivity index (χ4n) is 1.99. The maximum Gasteiger partial charge on any atom is 0.243 e. The Morgan fingerprint density at radius 1 is 1.28 bits per heavy atom. The molecule has 1 fully saturated rings. The molecule has 4 nitrogen and oxygen atoms in total. The Bertz CT molecular complexity index is 515. The molecule has 100 valence electrons. The van der Waals surface area contributed by atoms with Crippen molar-refractivity contribution in [3.05, 3.63) is 29.3 Å². The molecule has 0 amide bonds. The Kier molecular flexibility index (Phi) is 3.96. The van der Waals surface area contributed by atoms with Gasteiger partial charge in [0.05, 0.1) is 17.6 Å². The summed E-state index contributed by atoms with van der Waals surface area (Å²) in [5, 5.41) is 0.525. The first-order chi connectivity index (χ1) is 8.43. The molecule has 0 aromatic heterocycles. The van der Waals surface area contributed by atoms with Crippen molar-refractivity contribution in [1.29, 1.82) is 0 Å². The molecule has 0 N–H and O–H groups in total. The minimum atomic E-state index is -3.47. The number of morpholine rings is 1. The van der Waals surface area contributed by atoms with Crippen LogP contribution in [-0.2, 0) is 14.8 Å². The largest absolute Gasteiger partial charge is 0.375 e. The van der Waals surface area contributed by atoms with Crippen LogP contribution in [0.2, 0.25) is 5.02 Å². The molecule has 0 unspecified atom stereocenters. The van der Waals surface area contributed by atoms with Gasteiger partial charge in [-0.05, 0) is 38.1 Å². The zero-order chi connectivity index (χ0) is 13.3. The second-order valence-corrected chi connectivity index (χ2v) is 6.71. The topological polar surface area (TPSA) is 46.6 Å². The summed E-state index contributed by atoms with van der Waals surface area (Å²) in [7, 11) is -3.47. The molecular weight excluding hydrogens is 274 g/mol. The third-order valence-electron chi connectivity index (χ3n) is 3.25. The molecular formula is C12H16ClNO3S. The van der Waals surface area contributed by atoms with Gasteiger partial charge in [0.15, 0.2) is 0 Å². The molecule has 18 heavy (non-hydrogen) atoms. The van der Waals surface area contributed by atoms with Crippen LogP contribution in [0.15, 0.2) is 29.2 Å². The van der Waals surface area contributed by atoms with E-state index >= 15 is 0 Å². The molecule has 1 aliphatic heterocycles. The molecule has 2 rings (SSSR count). The van der Waals surface area contributed by atoms with Crippen molar-refractivity contribution in [2.45, 2.75) is 30.9 Å². The molecule has 1 aliphatic rings. The van der Waals surface area contributed by atoms with Gasteiger partial charge in [-0.15, -0.1) is 0 Å². The van der Waals surface area contributed by atoms with Gasteiger partial charge in [-0.25, -0.2) is 8.42 Å². The Morgan fingerprint density at radius 3 is 2.50 bits per heavy atom. The molecule has 1 aromatic carbocycles. The van der Waals surface area contributed by atoms with Gasteiger partial charge < -0.3 is 4.74 Å². The average Bonchev–Trinajstić information content (AvgIpc) is 2.33. The summed E-state index contributed by atoms with van der Waals surface area (Å²) in [5.74, 6) is 0. The second kappa shape index (κ2) is 5.17. The van der Waals surface area contributed by atoms with E-state index in [-0.39, 0.29) is 17.0 Å². The van der Waals surface area contributed by atoms with Gasteiger partial charge in [0.1, 0.15) is 0 Å². The molecule has 0 radical (unpaired) electrons. The molecule has 1 aromatic rings. The number of halogens is 1. The van der Waals surface area contributed by atoms with Crippen molar-refractivity contribution in [1.82, 2.24) is 4.31 Å². The van der Waals surface area contributed by atoms with Gasteiger partial charge in [-0.2, -0.15) is 4.31 Å². The first-order valence-corrected chi connectivity index (χ1v) is 7.64. The van der Waals surface area contributed by atoms with Gasteiger partial charge in [-0.3, -0.25) is 0 Å². The van der Waals surface area contributed by atoms with E-state index in [0.717, 1.165) is 0 Å². The van der Waals surface area contributed by atoms with Crippen LogP contribution in [0.1, 0.15) is 13.8 Å². The number of ether oxygens (including phenoxy) is 1. The average molecular weight is 290 g/mol. The summed E-state index contributed by atoms with van der Waals surface area (Å²) in [6.45, 7) is 4.56. The molecule has 2 atom stereocenters. The Morgan fingerprint density at radius 2 is 1.89 bits per heavy atom. The van der Waals surface area contributed by atoms with E-state index in [1.54, 1.807) is 12.1 Å². The van der Waals surface area contributed by atoms with E-state index in [0.29, 0.717) is 18.2 Å². The first kappa shape index (κ1) is 13.8. The van der Waals surface area contributed by atoms with E-state index in [1.165, 1.54) is 16.4 Å². The van der Waals surface area contributed by atoms with Crippen LogP contribution < -0.4 is 0 Å². The number of rotatable bonds is 2. The summed E-state index contributed by atoms with van der Waals surface area (Å²) >= 11 is 5.77. The summed E-state index contributed by atoms with van der Waals surface area (Å²) in [5.41, 5.74) is 0. The summed E-state index contributed by atoms with van der Waals surface area (Å²) < 4.78 is 31.9. The first-order valence-electron chi connectivity index (χ1n) is 5.82. The number of hydrogen-bond donors (Lipinski definition) is 0. The Labute approximate surface area is 113 Å². The summed E-state index contributed by atoms with van der Waals surface area (Å²) in [6, 6.07) is 6.07. The summed E-state index contributed by atoms with van der Waals surface area (Å²) in [4.78, 5) is 0.271. The van der Waals surface area contributed by atoms with Crippen molar-refractivity contribution in [3.63, 3.8) is 0 Å². The predicted octanol–water partition coefficient (Wildman–Crippen LogP) is 2.14. The van der Waals surface area contributed by atoms with Crippen LogP contribution in [0.25, 0.3) is 0 Å². The lowest BCUT2D eigenvalue weighted by atomic mass is 10.2. The van der Waals surface area contributed by atoms with Gasteiger partial charge in [0.2, 0.25) is 10.0 Å². The maximum absolute atomic E-state index is 12.5. The Balaban J connectivity index is 2.33. The quantitative estimate of drug-likeness (QED) is 0.838. The number of benzene rings is 1. The van der Waals surface area contributed by atoms with E-state index in [1.807, 2.05) is 13.8 Å². The molecule has 0 saturated carbocycles. The lowest BCUT2D eigenvalue weighted by Gasteiger charge is -2.36. The van der Waals surface area contributed by atoms with Gasteiger partial charge in [0.25, 0.3) is 0 Å². The van der Waals surface area contributed by atoms with Crippen LogP contribution >= 0.6 is 11.6 Å². The van der Waals surface area contributed by atoms with Gasteiger partial charge in [0, 0.05) is 17.6 Å². The fourth-order valence-corrected chi connectivity index (χ4v) is 3.79. The van der Waals surface area contributed by atoms with Crippen molar-refractivity contribution >= 4 is 21.6 Å². The molecule has 0 bridgehead atoms. The molecule has 1 heterocycles. The van der Waals surface area contributed by atoms with E-state index in [4.69, 9.17) is 16.3 Å². The standard InChI is InChI=1S/C12H16ClNO3S/c1-9-10(2)17-8-7-14(9)18(15,16)12-5-3-11(13)4-6-12/h3-6,9-10H,7-8H2,1-2H3/t9-,10-/m1/s1. The highest BCUT2D eigenvalue weighted by Gasteiger charge is 2.35. The molecule has 6 heteroatoms. The monoisotopic (exact) mass is 289 g/mol. The normalized spacial score (nSPS) is 26.2. The van der Waals surface area contributed by atoms with Crippen LogP contribution in [0.4, 0.5) is 0 Å². The van der Waals surface area contributed by atoms with E-state index < -0.39 is 10.0 Å². The van der Waals surface area contributed by atoms with Crippen LogP contribution in [0.3, 0.4) is 0 Å². The number of hydrogen-bond acceptors (Lipinski definition) is 3. The van der Waals surface area contributed by atoms with Crippen LogP contribution in [-0.4, -0.2) is 38.0 Å². The van der Waals surface area contributed by atoms with Gasteiger partial charge in [-0.1, -0.05) is 11.6 Å². The van der Waals surface area contributed by atoms with E-state index in [2.05, 4.69) is 0 Å². The zero-order valence-electron chi connectivity index (χ0n) is 10.3. The molecule has 0 aliphatic carbocycles. The number of nitrogens with zero attached hydrogens (tertiary/aromatic N) is 1. The SMILES string of the molecule is C[C@@H]1[C@@H](C)OCCN1S(=O)(=O)c1ccc(Cl)cc1. The highest BCUT2D eigenvalue weighted by atomic mass is 35.5. The third-order valence-corrected chi connectivity index (χ3v) is 5.50.